The van der Waals surface area contributed by atoms with Gasteiger partial charge in [-0.2, -0.15) is 23.5 Å². The predicted octanol–water partition coefficient (Wildman–Crippen LogP) is 1.09. The van der Waals surface area contributed by atoms with Crippen LogP contribution in [0.15, 0.2) is 0 Å². The van der Waals surface area contributed by atoms with Gasteiger partial charge >= 0.3 is 5.97 Å². The number of nitrogens with zero attached hydrogens (tertiary/aromatic N) is 2. The maximum absolute atomic E-state index is 12.8. The molecule has 1 N–H and O–H groups in total. The Morgan fingerprint density at radius 2 is 1.91 bits per heavy atom. The van der Waals surface area contributed by atoms with Gasteiger partial charge in [0, 0.05) is 55.2 Å². The monoisotopic (exact) mass is 356 g/mol. The van der Waals surface area contributed by atoms with Crippen molar-refractivity contribution in [3.8, 4) is 0 Å². The number of carbonyl (C=O) groups excluding carboxylic acids is 1. The normalized spacial score (nSPS) is 36.3. The zero-order chi connectivity index (χ0) is 16.0. The van der Waals surface area contributed by atoms with Crippen LogP contribution in [0, 0.1) is 17.3 Å². The molecule has 0 aromatic rings. The van der Waals surface area contributed by atoms with E-state index in [1.165, 1.54) is 24.3 Å². The number of likely N-dealkylation sites (tertiary alicyclic amines) is 2. The van der Waals surface area contributed by atoms with Gasteiger partial charge in [0.1, 0.15) is 5.41 Å². The lowest BCUT2D eigenvalue weighted by atomic mass is 9.81. The zero-order valence-corrected chi connectivity index (χ0v) is 14.9. The summed E-state index contributed by atoms with van der Waals surface area (Å²) >= 11 is 3.92. The van der Waals surface area contributed by atoms with Gasteiger partial charge in [0.2, 0.25) is 5.91 Å². The summed E-state index contributed by atoms with van der Waals surface area (Å²) in [6, 6.07) is 0.416. The van der Waals surface area contributed by atoms with E-state index in [1.54, 1.807) is 0 Å². The van der Waals surface area contributed by atoms with E-state index < -0.39 is 11.4 Å². The molecular formula is C16H24N2O3S2. The Labute approximate surface area is 145 Å². The maximum Gasteiger partial charge on any atom is 0.313 e. The van der Waals surface area contributed by atoms with E-state index in [2.05, 4.69) is 4.90 Å². The summed E-state index contributed by atoms with van der Waals surface area (Å²) < 4.78 is 0. The number of carboxylic acid groups (broad SMARTS) is 1. The number of carboxylic acids is 1. The van der Waals surface area contributed by atoms with Gasteiger partial charge in [-0.1, -0.05) is 0 Å². The molecule has 2 atom stereocenters. The minimum absolute atomic E-state index is 0.0933. The van der Waals surface area contributed by atoms with Crippen LogP contribution in [-0.4, -0.2) is 82.0 Å². The fraction of sp³-hybridized carbons (Fsp3) is 0.875. The highest BCUT2D eigenvalue weighted by Gasteiger charge is 2.62. The number of carbonyl (C=O) groups is 2. The van der Waals surface area contributed by atoms with Crippen LogP contribution in [0.5, 0.6) is 0 Å². The first-order chi connectivity index (χ1) is 11.1. The molecule has 3 heterocycles. The van der Waals surface area contributed by atoms with E-state index in [9.17, 15) is 14.7 Å². The van der Waals surface area contributed by atoms with Crippen molar-refractivity contribution in [1.82, 2.24) is 9.80 Å². The molecular weight excluding hydrogens is 332 g/mol. The smallest absolute Gasteiger partial charge is 0.313 e. The summed E-state index contributed by atoms with van der Waals surface area (Å²) in [5.41, 5.74) is -0.867. The van der Waals surface area contributed by atoms with Gasteiger partial charge in [-0.05, 0) is 18.8 Å². The standard InChI is InChI=1S/C16H24N2O3S2/c19-14-13-6-17(12-7-22-3-4-23-8-12)9-16(13,15(20)21)10-18(14)5-11-1-2-11/h11-13H,1-10H2,(H,20,21)/t13-,16-/m1/s1. The molecule has 3 aliphatic heterocycles. The van der Waals surface area contributed by atoms with Crippen molar-refractivity contribution in [2.45, 2.75) is 18.9 Å². The van der Waals surface area contributed by atoms with Crippen molar-refractivity contribution in [3.63, 3.8) is 0 Å². The fourth-order valence-electron chi connectivity index (χ4n) is 4.20. The fourth-order valence-corrected chi connectivity index (χ4v) is 6.83. The van der Waals surface area contributed by atoms with Crippen LogP contribution < -0.4 is 0 Å². The first-order valence-electron chi connectivity index (χ1n) is 8.52. The van der Waals surface area contributed by atoms with Gasteiger partial charge in [0.05, 0.1) is 5.92 Å². The molecule has 4 rings (SSSR count). The predicted molar refractivity (Wildman–Crippen MR) is 92.9 cm³/mol. The van der Waals surface area contributed by atoms with Crippen LogP contribution in [0.1, 0.15) is 12.8 Å². The Bertz CT molecular complexity index is 506. The second-order valence-electron chi connectivity index (χ2n) is 7.41. The number of rotatable bonds is 4. The molecule has 128 valence electrons. The highest BCUT2D eigenvalue weighted by Crippen LogP contribution is 2.46. The zero-order valence-electron chi connectivity index (χ0n) is 13.3. The quantitative estimate of drug-likeness (QED) is 0.814. The number of thioether (sulfide) groups is 2. The van der Waals surface area contributed by atoms with E-state index in [0.717, 1.165) is 18.1 Å². The third-order valence-corrected chi connectivity index (χ3v) is 8.25. The Morgan fingerprint density at radius 3 is 2.48 bits per heavy atom. The van der Waals surface area contributed by atoms with Crippen LogP contribution in [-0.2, 0) is 9.59 Å². The Hall–Kier alpha value is -0.400. The van der Waals surface area contributed by atoms with E-state index >= 15 is 0 Å². The van der Waals surface area contributed by atoms with Crippen LogP contribution >= 0.6 is 23.5 Å². The molecule has 4 fully saturated rings. The van der Waals surface area contributed by atoms with Crippen molar-refractivity contribution in [1.29, 1.82) is 0 Å². The van der Waals surface area contributed by atoms with E-state index in [-0.39, 0.29) is 11.8 Å². The summed E-state index contributed by atoms with van der Waals surface area (Å²) in [5.74, 6) is 4.09. The highest BCUT2D eigenvalue weighted by molar-refractivity contribution is 8.03. The van der Waals surface area contributed by atoms with Crippen LogP contribution in [0.4, 0.5) is 0 Å². The number of aliphatic carboxylic acids is 1. The van der Waals surface area contributed by atoms with E-state index in [0.29, 0.717) is 31.6 Å². The highest BCUT2D eigenvalue weighted by atomic mass is 32.2. The lowest BCUT2D eigenvalue weighted by Gasteiger charge is -2.30. The third-order valence-electron chi connectivity index (χ3n) is 5.76. The average Bonchev–Trinajstić information content (AvgIpc) is 3.25. The Balaban J connectivity index is 1.51. The lowest BCUT2D eigenvalue weighted by Crippen LogP contribution is -2.44. The van der Waals surface area contributed by atoms with Gasteiger partial charge < -0.3 is 10.0 Å². The summed E-state index contributed by atoms with van der Waals surface area (Å²) in [6.45, 7) is 2.38. The van der Waals surface area contributed by atoms with Crippen molar-refractivity contribution >= 4 is 35.4 Å². The van der Waals surface area contributed by atoms with Crippen molar-refractivity contribution in [3.05, 3.63) is 0 Å². The first-order valence-corrected chi connectivity index (χ1v) is 10.8. The maximum atomic E-state index is 12.8. The van der Waals surface area contributed by atoms with Crippen molar-refractivity contribution < 1.29 is 14.7 Å². The van der Waals surface area contributed by atoms with Crippen LogP contribution in [0.25, 0.3) is 0 Å². The van der Waals surface area contributed by atoms with Crippen LogP contribution in [0.2, 0.25) is 0 Å². The molecule has 7 heteroatoms. The summed E-state index contributed by atoms with van der Waals surface area (Å²) in [5, 5.41) is 9.92. The van der Waals surface area contributed by atoms with Gasteiger partial charge in [-0.3, -0.25) is 14.5 Å². The van der Waals surface area contributed by atoms with Gasteiger partial charge in [0.25, 0.3) is 0 Å². The first kappa shape index (κ1) is 16.1. The summed E-state index contributed by atoms with van der Waals surface area (Å²) in [6.07, 6.45) is 2.38. The molecule has 0 bridgehead atoms. The lowest BCUT2D eigenvalue weighted by molar-refractivity contribution is -0.149. The van der Waals surface area contributed by atoms with Gasteiger partial charge in [-0.15, -0.1) is 0 Å². The Kier molecular flexibility index (Phi) is 4.30. The molecule has 1 saturated carbocycles. The minimum atomic E-state index is -0.867. The van der Waals surface area contributed by atoms with Crippen molar-refractivity contribution in [2.75, 3.05) is 49.2 Å². The molecule has 0 spiro atoms. The number of fused-ring (bicyclic) bond motifs is 1. The second-order valence-corrected chi connectivity index (χ2v) is 9.71. The third kappa shape index (κ3) is 2.89. The van der Waals surface area contributed by atoms with Crippen molar-refractivity contribution in [2.24, 2.45) is 17.3 Å². The molecule has 0 aromatic carbocycles. The molecule has 0 radical (unpaired) electrons. The summed E-state index contributed by atoms with van der Waals surface area (Å²) in [7, 11) is 0. The van der Waals surface area contributed by atoms with Crippen LogP contribution in [0.3, 0.4) is 0 Å². The van der Waals surface area contributed by atoms with E-state index in [4.69, 9.17) is 0 Å². The molecule has 1 aliphatic carbocycles. The van der Waals surface area contributed by atoms with Gasteiger partial charge in [0.15, 0.2) is 0 Å². The number of hydrogen-bond acceptors (Lipinski definition) is 5. The van der Waals surface area contributed by atoms with E-state index in [1.807, 2.05) is 28.4 Å². The second kappa shape index (κ2) is 6.15. The van der Waals surface area contributed by atoms with Gasteiger partial charge in [-0.25, -0.2) is 0 Å². The summed E-state index contributed by atoms with van der Waals surface area (Å²) in [4.78, 5) is 29.0. The molecule has 3 saturated heterocycles. The SMILES string of the molecule is O=C1[C@H]2CN(C3CSCCSC3)C[C@@]2(C(=O)O)CN1CC1CC1. The molecule has 4 aliphatic rings. The molecule has 1 amide bonds. The topological polar surface area (TPSA) is 60.9 Å². The number of amides is 1. The molecule has 5 nitrogen and oxygen atoms in total. The number of hydrogen-bond donors (Lipinski definition) is 1. The minimum Gasteiger partial charge on any atom is -0.481 e. The Morgan fingerprint density at radius 1 is 1.22 bits per heavy atom. The average molecular weight is 357 g/mol. The molecule has 0 aromatic heterocycles. The molecule has 0 unspecified atom stereocenters. The largest absolute Gasteiger partial charge is 0.481 e. The molecule has 23 heavy (non-hydrogen) atoms.